The predicted octanol–water partition coefficient (Wildman–Crippen LogP) is 5.04. The summed E-state index contributed by atoms with van der Waals surface area (Å²) in [5.41, 5.74) is 3.16. The van der Waals surface area contributed by atoms with Gasteiger partial charge in [-0.3, -0.25) is 4.79 Å². The van der Waals surface area contributed by atoms with Crippen molar-refractivity contribution >= 4 is 50.9 Å². The van der Waals surface area contributed by atoms with Gasteiger partial charge in [0.05, 0.1) is 20.9 Å². The number of nitrogens with zero attached hydrogens (tertiary/aromatic N) is 4. The molecule has 0 atom stereocenters. The first-order valence-corrected chi connectivity index (χ1v) is 11.8. The van der Waals surface area contributed by atoms with Crippen molar-refractivity contribution in [3.63, 3.8) is 0 Å². The standard InChI is InChI=1S/C21H13N5OS3/c1-28-17-13(11-22)18(27)26-16(12-7-3-2-4-8-12)19(30-21(26)25-17)29-20-23-14-9-5-6-10-15(14)24-20/h2-10H,1H3,(H,23,24). The highest BCUT2D eigenvalue weighted by molar-refractivity contribution is 8.01. The Labute approximate surface area is 183 Å². The number of para-hydroxylation sites is 2. The van der Waals surface area contributed by atoms with E-state index in [1.54, 1.807) is 4.40 Å². The monoisotopic (exact) mass is 447 g/mol. The summed E-state index contributed by atoms with van der Waals surface area (Å²) >= 11 is 4.18. The van der Waals surface area contributed by atoms with Gasteiger partial charge in [0.2, 0.25) is 0 Å². The van der Waals surface area contributed by atoms with Crippen LogP contribution in [0.15, 0.2) is 73.8 Å². The Morgan fingerprint density at radius 1 is 1.10 bits per heavy atom. The first-order chi connectivity index (χ1) is 14.7. The molecule has 0 amide bonds. The van der Waals surface area contributed by atoms with Crippen LogP contribution in [0.4, 0.5) is 0 Å². The fraction of sp³-hybridized carbons (Fsp3) is 0.0476. The lowest BCUT2D eigenvalue weighted by Crippen LogP contribution is -2.19. The van der Waals surface area contributed by atoms with Crippen LogP contribution in [-0.2, 0) is 0 Å². The Morgan fingerprint density at radius 2 is 1.87 bits per heavy atom. The van der Waals surface area contributed by atoms with Crippen LogP contribution >= 0.6 is 34.9 Å². The third kappa shape index (κ3) is 3.10. The Morgan fingerprint density at radius 3 is 2.60 bits per heavy atom. The minimum Gasteiger partial charge on any atom is -0.333 e. The van der Waals surface area contributed by atoms with E-state index in [1.807, 2.05) is 66.9 Å². The number of thiazole rings is 1. The number of benzene rings is 2. The normalized spacial score (nSPS) is 11.2. The van der Waals surface area contributed by atoms with Gasteiger partial charge in [-0.15, -0.1) is 11.8 Å². The zero-order valence-electron chi connectivity index (χ0n) is 15.6. The second kappa shape index (κ2) is 7.65. The molecular formula is C21H13N5OS3. The van der Waals surface area contributed by atoms with Crippen molar-refractivity contribution < 1.29 is 0 Å². The van der Waals surface area contributed by atoms with Gasteiger partial charge in [-0.05, 0) is 30.2 Å². The molecule has 0 saturated heterocycles. The average molecular weight is 448 g/mol. The van der Waals surface area contributed by atoms with Gasteiger partial charge in [-0.25, -0.2) is 14.4 Å². The number of aromatic nitrogens is 4. The van der Waals surface area contributed by atoms with E-state index in [0.717, 1.165) is 31.7 Å². The quantitative estimate of drug-likeness (QED) is 0.307. The van der Waals surface area contributed by atoms with Gasteiger partial charge in [-0.2, -0.15) is 5.26 Å². The van der Waals surface area contributed by atoms with E-state index < -0.39 is 0 Å². The average Bonchev–Trinajstić information content (AvgIpc) is 3.34. The van der Waals surface area contributed by atoms with Gasteiger partial charge < -0.3 is 4.98 Å². The number of nitrogens with one attached hydrogen (secondary N) is 1. The molecule has 3 aromatic heterocycles. The lowest BCUT2D eigenvalue weighted by atomic mass is 10.2. The Bertz CT molecular complexity index is 1460. The maximum atomic E-state index is 13.2. The Kier molecular flexibility index (Phi) is 4.83. The van der Waals surface area contributed by atoms with Crippen molar-refractivity contribution in [3.05, 3.63) is 70.5 Å². The molecule has 146 valence electrons. The fourth-order valence-electron chi connectivity index (χ4n) is 3.19. The van der Waals surface area contributed by atoms with Crippen molar-refractivity contribution in [1.82, 2.24) is 19.4 Å². The van der Waals surface area contributed by atoms with Crippen LogP contribution in [0.25, 0.3) is 27.3 Å². The van der Waals surface area contributed by atoms with E-state index >= 15 is 0 Å². The van der Waals surface area contributed by atoms with Crippen molar-refractivity contribution in [2.75, 3.05) is 6.26 Å². The molecule has 0 unspecified atom stereocenters. The molecule has 9 heteroatoms. The molecule has 0 aliphatic heterocycles. The third-order valence-electron chi connectivity index (χ3n) is 4.53. The molecule has 0 radical (unpaired) electrons. The number of hydrogen-bond donors (Lipinski definition) is 1. The number of thioether (sulfide) groups is 1. The second-order valence-electron chi connectivity index (χ2n) is 6.30. The molecule has 6 nitrogen and oxygen atoms in total. The highest BCUT2D eigenvalue weighted by Crippen LogP contribution is 2.41. The first-order valence-electron chi connectivity index (χ1n) is 8.91. The number of fused-ring (bicyclic) bond motifs is 2. The van der Waals surface area contributed by atoms with Crippen molar-refractivity contribution in [3.8, 4) is 17.3 Å². The summed E-state index contributed by atoms with van der Waals surface area (Å²) in [4.78, 5) is 26.3. The molecule has 30 heavy (non-hydrogen) atoms. The van der Waals surface area contributed by atoms with Crippen LogP contribution in [0.1, 0.15) is 5.56 Å². The lowest BCUT2D eigenvalue weighted by molar-refractivity contribution is 0.992. The molecule has 1 N–H and O–H groups in total. The number of rotatable bonds is 4. The molecule has 0 saturated carbocycles. The minimum atomic E-state index is -0.349. The second-order valence-corrected chi connectivity index (χ2v) is 9.33. The van der Waals surface area contributed by atoms with E-state index in [9.17, 15) is 10.1 Å². The number of nitriles is 1. The van der Waals surface area contributed by atoms with Gasteiger partial charge in [0.15, 0.2) is 10.1 Å². The summed E-state index contributed by atoms with van der Waals surface area (Å²) in [6.45, 7) is 0. The summed E-state index contributed by atoms with van der Waals surface area (Å²) in [6.07, 6.45) is 1.81. The molecule has 5 aromatic rings. The maximum absolute atomic E-state index is 13.2. The number of aromatic amines is 1. The van der Waals surface area contributed by atoms with Gasteiger partial charge in [0.25, 0.3) is 5.56 Å². The summed E-state index contributed by atoms with van der Waals surface area (Å²) in [5, 5.41) is 10.7. The van der Waals surface area contributed by atoms with Gasteiger partial charge in [0.1, 0.15) is 16.7 Å². The molecule has 0 aliphatic rings. The lowest BCUT2D eigenvalue weighted by Gasteiger charge is -2.05. The van der Waals surface area contributed by atoms with Crippen molar-refractivity contribution in [2.24, 2.45) is 0 Å². The van der Waals surface area contributed by atoms with Crippen LogP contribution in [0.2, 0.25) is 0 Å². The van der Waals surface area contributed by atoms with Crippen LogP contribution in [0, 0.1) is 11.3 Å². The number of H-pyrrole nitrogens is 1. The van der Waals surface area contributed by atoms with Gasteiger partial charge in [0, 0.05) is 5.56 Å². The Hall–Kier alpha value is -3.06. The highest BCUT2D eigenvalue weighted by Gasteiger charge is 2.22. The summed E-state index contributed by atoms with van der Waals surface area (Å²) in [6, 6.07) is 19.5. The zero-order chi connectivity index (χ0) is 20.7. The summed E-state index contributed by atoms with van der Waals surface area (Å²) in [7, 11) is 0. The third-order valence-corrected chi connectivity index (χ3v) is 7.31. The smallest absolute Gasteiger partial charge is 0.278 e. The molecule has 5 rings (SSSR count). The SMILES string of the molecule is CSc1nc2sc(Sc3nc4ccccc4[nH]3)c(-c3ccccc3)n2c(=O)c1C#N. The molecular weight excluding hydrogens is 434 g/mol. The van der Waals surface area contributed by atoms with E-state index in [0.29, 0.717) is 9.99 Å². The Balaban J connectivity index is 1.77. The van der Waals surface area contributed by atoms with E-state index in [-0.39, 0.29) is 11.1 Å². The molecule has 0 bridgehead atoms. The molecule has 0 aliphatic carbocycles. The number of imidazole rings is 1. The molecule has 3 heterocycles. The molecule has 0 spiro atoms. The first kappa shape index (κ1) is 18.9. The largest absolute Gasteiger partial charge is 0.333 e. The van der Waals surface area contributed by atoms with Crippen molar-refractivity contribution in [1.29, 1.82) is 5.26 Å². The topological polar surface area (TPSA) is 86.8 Å². The number of hydrogen-bond acceptors (Lipinski definition) is 7. The van der Waals surface area contributed by atoms with Gasteiger partial charge >= 0.3 is 0 Å². The summed E-state index contributed by atoms with van der Waals surface area (Å²) < 4.78 is 2.43. The van der Waals surface area contributed by atoms with E-state index in [2.05, 4.69) is 15.0 Å². The zero-order valence-corrected chi connectivity index (χ0v) is 18.1. The highest BCUT2D eigenvalue weighted by atomic mass is 32.2. The maximum Gasteiger partial charge on any atom is 0.278 e. The van der Waals surface area contributed by atoms with Crippen molar-refractivity contribution in [2.45, 2.75) is 14.4 Å². The fourth-order valence-corrected chi connectivity index (χ4v) is 6.05. The predicted molar refractivity (Wildman–Crippen MR) is 121 cm³/mol. The molecule has 0 fully saturated rings. The molecule has 2 aromatic carbocycles. The van der Waals surface area contributed by atoms with E-state index in [1.165, 1.54) is 34.9 Å². The summed E-state index contributed by atoms with van der Waals surface area (Å²) in [5.74, 6) is 0. The van der Waals surface area contributed by atoms with E-state index in [4.69, 9.17) is 0 Å². The van der Waals surface area contributed by atoms with Crippen LogP contribution in [-0.4, -0.2) is 25.6 Å². The van der Waals surface area contributed by atoms with Crippen LogP contribution in [0.5, 0.6) is 0 Å². The van der Waals surface area contributed by atoms with Crippen LogP contribution < -0.4 is 5.56 Å². The van der Waals surface area contributed by atoms with Gasteiger partial charge in [-0.1, -0.05) is 53.8 Å². The minimum absolute atomic E-state index is 0.0651. The van der Waals surface area contributed by atoms with Crippen LogP contribution in [0.3, 0.4) is 0 Å².